The number of hydrogen-bond donors (Lipinski definition) is 2. The Morgan fingerprint density at radius 2 is 1.69 bits per heavy atom. The Balaban J connectivity index is 1.16. The van der Waals surface area contributed by atoms with E-state index in [1.165, 1.54) is 35.2 Å². The molecule has 0 saturated carbocycles. The van der Waals surface area contributed by atoms with Crippen LogP contribution in [0.15, 0.2) is 60.8 Å². The quantitative estimate of drug-likeness (QED) is 0.390. The van der Waals surface area contributed by atoms with Gasteiger partial charge in [0.05, 0.1) is 5.56 Å². The lowest BCUT2D eigenvalue weighted by atomic mass is 9.84. The first kappa shape index (κ1) is 27.0. The molecule has 5 rings (SSSR count). The average molecular weight is 540 g/mol. The number of piperidine rings is 2. The van der Waals surface area contributed by atoms with Gasteiger partial charge in [0.15, 0.2) is 0 Å². The van der Waals surface area contributed by atoms with Crippen molar-refractivity contribution in [3.05, 3.63) is 77.5 Å². The van der Waals surface area contributed by atoms with E-state index in [2.05, 4.69) is 28.2 Å². The van der Waals surface area contributed by atoms with Crippen molar-refractivity contribution in [3.8, 4) is 0 Å². The molecule has 3 aromatic rings. The number of hydrogen-bond acceptors (Lipinski definition) is 3. The van der Waals surface area contributed by atoms with E-state index in [0.29, 0.717) is 50.5 Å². The number of benzene rings is 2. The summed E-state index contributed by atoms with van der Waals surface area (Å²) in [7, 11) is 0. The van der Waals surface area contributed by atoms with Crippen LogP contribution >= 0.6 is 0 Å². The van der Waals surface area contributed by atoms with E-state index < -0.39 is 23.8 Å². The fourth-order valence-electron chi connectivity index (χ4n) is 6.10. The predicted octanol–water partition coefficient (Wildman–Crippen LogP) is 5.77. The monoisotopic (exact) mass is 539 g/mol. The highest BCUT2D eigenvalue weighted by Crippen LogP contribution is 2.35. The highest BCUT2D eigenvalue weighted by molar-refractivity contribution is 5.92. The van der Waals surface area contributed by atoms with E-state index in [9.17, 15) is 27.9 Å². The van der Waals surface area contributed by atoms with Gasteiger partial charge in [-0.3, -0.25) is 14.5 Å². The van der Waals surface area contributed by atoms with Gasteiger partial charge in [0.1, 0.15) is 6.04 Å². The summed E-state index contributed by atoms with van der Waals surface area (Å²) < 4.78 is 38.8. The molecule has 3 heterocycles. The summed E-state index contributed by atoms with van der Waals surface area (Å²) in [5.41, 5.74) is 1.95. The van der Waals surface area contributed by atoms with Crippen LogP contribution < -0.4 is 0 Å². The number of halogens is 3. The minimum Gasteiger partial charge on any atom is -0.480 e. The smallest absolute Gasteiger partial charge is 0.416 e. The third-order valence-electron chi connectivity index (χ3n) is 8.17. The second-order valence-electron chi connectivity index (χ2n) is 10.5. The molecule has 2 N–H and O–H groups in total. The van der Waals surface area contributed by atoms with Gasteiger partial charge in [-0.15, -0.1) is 0 Å². The maximum Gasteiger partial charge on any atom is 0.416 e. The maximum absolute atomic E-state index is 12.9. The van der Waals surface area contributed by atoms with E-state index in [1.54, 1.807) is 4.90 Å². The number of para-hydroxylation sites is 1. The van der Waals surface area contributed by atoms with Crippen LogP contribution in [-0.2, 0) is 15.8 Å². The van der Waals surface area contributed by atoms with E-state index in [4.69, 9.17) is 0 Å². The number of likely N-dealkylation sites (tertiary alicyclic amines) is 2. The molecule has 2 saturated heterocycles. The maximum atomic E-state index is 12.9. The van der Waals surface area contributed by atoms with Crippen LogP contribution in [0.5, 0.6) is 0 Å². The third kappa shape index (κ3) is 6.03. The number of nitrogens with one attached hydrogen (secondary N) is 1. The molecule has 1 aromatic heterocycles. The Labute approximate surface area is 225 Å². The summed E-state index contributed by atoms with van der Waals surface area (Å²) in [5.74, 6) is -0.786. The van der Waals surface area contributed by atoms with Crippen molar-refractivity contribution in [2.45, 2.75) is 43.8 Å². The standard InChI is InChI=1S/C30H32F3N3O3/c31-30(32,33)23-5-3-4-20(18-23)8-9-27(37)35-14-12-22(13-15-35)28(29(38)39)36-16-10-21(11-17-36)25-19-34-26-7-2-1-6-24(25)26/h1-9,18-19,21-22,28,34H,10-17H2,(H,38,39)/b9-8+. The van der Waals surface area contributed by atoms with Crippen molar-refractivity contribution >= 4 is 28.9 Å². The fourth-order valence-corrected chi connectivity index (χ4v) is 6.10. The number of carbonyl (C=O) groups excluding carboxylic acids is 1. The number of carboxylic acids is 1. The molecule has 39 heavy (non-hydrogen) atoms. The molecule has 206 valence electrons. The van der Waals surface area contributed by atoms with Crippen LogP contribution in [0.4, 0.5) is 13.2 Å². The minimum absolute atomic E-state index is 0.0661. The summed E-state index contributed by atoms with van der Waals surface area (Å²) >= 11 is 0. The Kier molecular flexibility index (Phi) is 7.79. The van der Waals surface area contributed by atoms with Crippen molar-refractivity contribution in [2.75, 3.05) is 26.2 Å². The fraction of sp³-hybridized carbons (Fsp3) is 0.400. The largest absolute Gasteiger partial charge is 0.480 e. The summed E-state index contributed by atoms with van der Waals surface area (Å²) in [6.45, 7) is 2.26. The zero-order chi connectivity index (χ0) is 27.6. The Morgan fingerprint density at radius 3 is 2.38 bits per heavy atom. The van der Waals surface area contributed by atoms with Crippen LogP contribution in [0.1, 0.15) is 48.3 Å². The first-order valence-corrected chi connectivity index (χ1v) is 13.4. The van der Waals surface area contributed by atoms with Crippen LogP contribution in [0, 0.1) is 5.92 Å². The number of alkyl halides is 3. The number of aromatic amines is 1. The molecule has 0 radical (unpaired) electrons. The van der Waals surface area contributed by atoms with Gasteiger partial charge in [-0.1, -0.05) is 30.3 Å². The van der Waals surface area contributed by atoms with Crippen molar-refractivity contribution in [2.24, 2.45) is 5.92 Å². The van der Waals surface area contributed by atoms with Gasteiger partial charge in [0.25, 0.3) is 0 Å². The Hall–Kier alpha value is -3.59. The van der Waals surface area contributed by atoms with Gasteiger partial charge < -0.3 is 15.0 Å². The number of carbonyl (C=O) groups is 2. The SMILES string of the molecule is O=C(O)C(C1CCN(C(=O)/C=C/c2cccc(C(F)(F)F)c2)CC1)N1CCC(c2c[nH]c3ccccc23)CC1. The van der Waals surface area contributed by atoms with Crippen molar-refractivity contribution in [1.29, 1.82) is 0 Å². The van der Waals surface area contributed by atoms with E-state index >= 15 is 0 Å². The van der Waals surface area contributed by atoms with Gasteiger partial charge >= 0.3 is 12.1 Å². The minimum atomic E-state index is -4.44. The molecule has 0 aliphatic carbocycles. The lowest BCUT2D eigenvalue weighted by molar-refractivity contribution is -0.147. The number of aromatic nitrogens is 1. The lowest BCUT2D eigenvalue weighted by Crippen LogP contribution is -2.52. The van der Waals surface area contributed by atoms with Crippen molar-refractivity contribution < 1.29 is 27.9 Å². The molecule has 2 fully saturated rings. The Bertz CT molecular complexity index is 1350. The lowest BCUT2D eigenvalue weighted by Gasteiger charge is -2.41. The number of amides is 1. The molecule has 9 heteroatoms. The first-order chi connectivity index (χ1) is 18.7. The number of rotatable bonds is 6. The number of aliphatic carboxylic acids is 1. The highest BCUT2D eigenvalue weighted by Gasteiger charge is 2.38. The summed E-state index contributed by atoms with van der Waals surface area (Å²) in [4.78, 5) is 32.1. The molecule has 6 nitrogen and oxygen atoms in total. The van der Waals surface area contributed by atoms with Crippen LogP contribution in [0.3, 0.4) is 0 Å². The molecule has 2 aliphatic rings. The van der Waals surface area contributed by atoms with Gasteiger partial charge in [-0.25, -0.2) is 0 Å². The molecule has 1 amide bonds. The second kappa shape index (κ2) is 11.3. The normalized spacial score (nSPS) is 19.1. The van der Waals surface area contributed by atoms with Crippen molar-refractivity contribution in [1.82, 2.24) is 14.8 Å². The predicted molar refractivity (Wildman–Crippen MR) is 143 cm³/mol. The van der Waals surface area contributed by atoms with E-state index in [-0.39, 0.29) is 11.8 Å². The molecular weight excluding hydrogens is 507 g/mol. The van der Waals surface area contributed by atoms with Crippen LogP contribution in [-0.4, -0.2) is 64.0 Å². The van der Waals surface area contributed by atoms with Crippen LogP contribution in [0.2, 0.25) is 0 Å². The first-order valence-electron chi connectivity index (χ1n) is 13.4. The molecule has 0 spiro atoms. The zero-order valence-corrected chi connectivity index (χ0v) is 21.5. The Morgan fingerprint density at radius 1 is 0.974 bits per heavy atom. The molecule has 2 aromatic carbocycles. The van der Waals surface area contributed by atoms with Gasteiger partial charge in [0.2, 0.25) is 5.91 Å². The summed E-state index contributed by atoms with van der Waals surface area (Å²) in [6.07, 6.45) is 3.25. The molecule has 1 unspecified atom stereocenters. The van der Waals surface area contributed by atoms with Gasteiger partial charge in [-0.05, 0) is 86.0 Å². The summed E-state index contributed by atoms with van der Waals surface area (Å²) in [6, 6.07) is 12.5. The number of nitrogens with zero attached hydrogens (tertiary/aromatic N) is 2. The highest BCUT2D eigenvalue weighted by atomic mass is 19.4. The van der Waals surface area contributed by atoms with E-state index in [1.807, 2.05) is 12.1 Å². The number of H-pyrrole nitrogens is 1. The number of carboxylic acid groups (broad SMARTS) is 1. The molecule has 0 bridgehead atoms. The molecule has 2 aliphatic heterocycles. The third-order valence-corrected chi connectivity index (χ3v) is 8.17. The van der Waals surface area contributed by atoms with Crippen molar-refractivity contribution in [3.63, 3.8) is 0 Å². The average Bonchev–Trinajstić information content (AvgIpc) is 3.36. The second-order valence-corrected chi connectivity index (χ2v) is 10.5. The van der Waals surface area contributed by atoms with E-state index in [0.717, 1.165) is 30.5 Å². The molecule has 1 atom stereocenters. The topological polar surface area (TPSA) is 76.6 Å². The van der Waals surface area contributed by atoms with Gasteiger partial charge in [-0.2, -0.15) is 13.2 Å². The summed E-state index contributed by atoms with van der Waals surface area (Å²) in [5, 5.41) is 11.3. The molecular formula is C30H32F3N3O3. The number of fused-ring (bicyclic) bond motifs is 1. The zero-order valence-electron chi connectivity index (χ0n) is 21.5. The van der Waals surface area contributed by atoms with Gasteiger partial charge in [0, 0.05) is 36.3 Å². The van der Waals surface area contributed by atoms with Crippen LogP contribution in [0.25, 0.3) is 17.0 Å².